The number of nitrogens with zero attached hydrogens (tertiary/aromatic N) is 4. The van der Waals surface area contributed by atoms with Gasteiger partial charge in [-0.05, 0) is 30.0 Å². The monoisotopic (exact) mass is 475 g/mol. The van der Waals surface area contributed by atoms with Crippen LogP contribution in [-0.4, -0.2) is 62.5 Å². The van der Waals surface area contributed by atoms with Crippen LogP contribution in [-0.2, 0) is 16.1 Å². The molecule has 0 spiro atoms. The molecule has 33 heavy (non-hydrogen) atoms. The van der Waals surface area contributed by atoms with Gasteiger partial charge < -0.3 is 24.6 Å². The first kappa shape index (κ1) is 25.1. The van der Waals surface area contributed by atoms with Gasteiger partial charge in [0.05, 0.1) is 18.5 Å². The number of fused-ring (bicyclic) bond motifs is 1. The minimum absolute atomic E-state index is 0.288. The first-order valence-electron chi connectivity index (χ1n) is 11.5. The second kappa shape index (κ2) is 13.2. The number of nitrogens with one attached hydrogen (secondary N) is 1. The Bertz CT molecular complexity index is 864. The van der Waals surface area contributed by atoms with Gasteiger partial charge in [-0.1, -0.05) is 49.6 Å². The fraction of sp³-hybridized carbons (Fsp3) is 0.542. The molecule has 2 aromatic rings. The highest BCUT2D eigenvalue weighted by Crippen LogP contribution is 2.29. The van der Waals surface area contributed by atoms with Crippen molar-refractivity contribution in [2.75, 3.05) is 50.2 Å². The molecule has 0 radical (unpaired) electrons. The van der Waals surface area contributed by atoms with E-state index in [1.165, 1.54) is 19.3 Å². The number of ether oxygens (including phenoxy) is 2. The normalized spacial score (nSPS) is 15.8. The van der Waals surface area contributed by atoms with E-state index >= 15 is 0 Å². The third-order valence-corrected chi connectivity index (χ3v) is 6.02. The highest BCUT2D eigenvalue weighted by atomic mass is 35.5. The first-order valence-corrected chi connectivity index (χ1v) is 11.9. The van der Waals surface area contributed by atoms with Crippen LogP contribution < -0.4 is 15.1 Å². The van der Waals surface area contributed by atoms with Gasteiger partial charge in [0.25, 0.3) is 0 Å². The highest BCUT2D eigenvalue weighted by Gasteiger charge is 2.22. The van der Waals surface area contributed by atoms with E-state index in [2.05, 4.69) is 25.1 Å². The van der Waals surface area contributed by atoms with Crippen molar-refractivity contribution in [2.24, 2.45) is 0 Å². The summed E-state index contributed by atoms with van der Waals surface area (Å²) in [5.74, 6) is 0.894. The van der Waals surface area contributed by atoms with Crippen molar-refractivity contribution in [3.8, 4) is 0 Å². The third kappa shape index (κ3) is 8.05. The third-order valence-electron chi connectivity index (χ3n) is 5.84. The number of anilines is 2. The molecule has 0 unspecified atom stereocenters. The van der Waals surface area contributed by atoms with Crippen molar-refractivity contribution in [2.45, 2.75) is 44.8 Å². The van der Waals surface area contributed by atoms with Gasteiger partial charge in [-0.3, -0.25) is 0 Å². The topological polar surface area (TPSA) is 79.8 Å². The van der Waals surface area contributed by atoms with Gasteiger partial charge in [0.1, 0.15) is 6.61 Å². The average molecular weight is 476 g/mol. The van der Waals surface area contributed by atoms with E-state index in [1.807, 2.05) is 37.4 Å². The average Bonchev–Trinajstić information content (AvgIpc) is 2.84. The van der Waals surface area contributed by atoms with Crippen LogP contribution in [0.2, 0.25) is 5.28 Å². The van der Waals surface area contributed by atoms with Gasteiger partial charge in [0.2, 0.25) is 5.28 Å². The van der Waals surface area contributed by atoms with E-state index in [0.29, 0.717) is 19.3 Å². The number of halogens is 1. The molecule has 2 heterocycles. The zero-order valence-corrected chi connectivity index (χ0v) is 20.3. The van der Waals surface area contributed by atoms with Crippen molar-refractivity contribution in [3.63, 3.8) is 0 Å². The summed E-state index contributed by atoms with van der Waals surface area (Å²) in [7, 11) is 3.73. The lowest BCUT2D eigenvalue weighted by molar-refractivity contribution is 0.133. The lowest BCUT2D eigenvalue weighted by Crippen LogP contribution is -2.41. The molecule has 1 amide bonds. The summed E-state index contributed by atoms with van der Waals surface area (Å²) in [5, 5.41) is 3.22. The number of hydrogen-bond donors (Lipinski definition) is 1. The molecule has 1 aromatic carbocycles. The summed E-state index contributed by atoms with van der Waals surface area (Å²) >= 11 is 5.83. The molecule has 0 atom stereocenters. The molecule has 1 fully saturated rings. The number of rotatable bonds is 6. The Balaban J connectivity index is 0.000000186. The summed E-state index contributed by atoms with van der Waals surface area (Å²) in [6.07, 6.45) is 7.36. The van der Waals surface area contributed by atoms with Gasteiger partial charge in [-0.15, -0.1) is 0 Å². The molecule has 0 saturated heterocycles. The molecule has 1 N–H and O–H groups in total. The SMILES string of the molecule is COCCN1CCN(C)c2cnc(Cl)nc21.O=C(NC1CCCCC1)OCc1ccccc1. The molecule has 8 nitrogen and oxygen atoms in total. The Labute approximate surface area is 201 Å². The van der Waals surface area contributed by atoms with E-state index in [1.54, 1.807) is 13.3 Å². The fourth-order valence-electron chi connectivity index (χ4n) is 3.94. The van der Waals surface area contributed by atoms with Gasteiger partial charge >= 0.3 is 6.09 Å². The summed E-state index contributed by atoms with van der Waals surface area (Å²) in [5.41, 5.74) is 2.04. The molecular weight excluding hydrogens is 442 g/mol. The lowest BCUT2D eigenvalue weighted by Gasteiger charge is -2.35. The van der Waals surface area contributed by atoms with E-state index in [-0.39, 0.29) is 11.4 Å². The van der Waals surface area contributed by atoms with Crippen LogP contribution in [0.3, 0.4) is 0 Å². The molecule has 2 aliphatic rings. The molecule has 4 rings (SSSR count). The van der Waals surface area contributed by atoms with Gasteiger partial charge in [-0.2, -0.15) is 4.98 Å². The Morgan fingerprint density at radius 2 is 1.94 bits per heavy atom. The van der Waals surface area contributed by atoms with Crippen LogP contribution in [0, 0.1) is 0 Å². The van der Waals surface area contributed by atoms with Gasteiger partial charge in [-0.25, -0.2) is 9.78 Å². The van der Waals surface area contributed by atoms with Gasteiger partial charge in [0, 0.05) is 39.8 Å². The van der Waals surface area contributed by atoms with E-state index in [9.17, 15) is 4.79 Å². The molecule has 9 heteroatoms. The Kier molecular flexibility index (Phi) is 10.0. The second-order valence-electron chi connectivity index (χ2n) is 8.29. The maximum absolute atomic E-state index is 11.6. The van der Waals surface area contributed by atoms with Crippen molar-refractivity contribution >= 4 is 29.2 Å². The molecule has 1 aliphatic carbocycles. The van der Waals surface area contributed by atoms with Crippen molar-refractivity contribution in [3.05, 3.63) is 47.4 Å². The maximum Gasteiger partial charge on any atom is 0.407 e. The van der Waals surface area contributed by atoms with Crippen LogP contribution in [0.25, 0.3) is 0 Å². The first-order chi connectivity index (χ1) is 16.1. The molecule has 180 valence electrons. The Hall–Kier alpha value is -2.58. The zero-order valence-electron chi connectivity index (χ0n) is 19.5. The molecule has 0 bridgehead atoms. The van der Waals surface area contributed by atoms with Crippen LogP contribution in [0.15, 0.2) is 36.5 Å². The minimum atomic E-state index is -0.291. The molecule has 1 saturated carbocycles. The fourth-order valence-corrected chi connectivity index (χ4v) is 4.07. The second-order valence-corrected chi connectivity index (χ2v) is 8.63. The predicted molar refractivity (Wildman–Crippen MR) is 131 cm³/mol. The van der Waals surface area contributed by atoms with E-state index in [4.69, 9.17) is 21.1 Å². The number of carbonyl (C=O) groups excluding carboxylic acids is 1. The molecule has 1 aromatic heterocycles. The molecule has 1 aliphatic heterocycles. The maximum atomic E-state index is 11.6. The van der Waals surface area contributed by atoms with Crippen molar-refractivity contribution < 1.29 is 14.3 Å². The number of alkyl carbamates (subject to hydrolysis) is 1. The summed E-state index contributed by atoms with van der Waals surface area (Å²) in [6, 6.07) is 10.1. The minimum Gasteiger partial charge on any atom is -0.445 e. The number of likely N-dealkylation sites (N-methyl/N-ethyl adjacent to an activating group) is 1. The number of hydrogen-bond acceptors (Lipinski definition) is 7. The number of aromatic nitrogens is 2. The van der Waals surface area contributed by atoms with Crippen LogP contribution in [0.5, 0.6) is 0 Å². The number of amides is 1. The van der Waals surface area contributed by atoms with Gasteiger partial charge in [0.15, 0.2) is 5.82 Å². The summed E-state index contributed by atoms with van der Waals surface area (Å²) in [6.45, 7) is 3.75. The Morgan fingerprint density at radius 1 is 1.18 bits per heavy atom. The van der Waals surface area contributed by atoms with E-state index in [0.717, 1.165) is 49.5 Å². The number of carbonyl (C=O) groups is 1. The number of benzene rings is 1. The number of methoxy groups -OCH3 is 1. The van der Waals surface area contributed by atoms with Crippen LogP contribution in [0.4, 0.5) is 16.3 Å². The highest BCUT2D eigenvalue weighted by molar-refractivity contribution is 6.28. The van der Waals surface area contributed by atoms with Crippen molar-refractivity contribution in [1.82, 2.24) is 15.3 Å². The molecular formula is C24H34ClN5O3. The van der Waals surface area contributed by atoms with Crippen LogP contribution in [0.1, 0.15) is 37.7 Å². The standard InChI is InChI=1S/C14H19NO2.C10H15ClN4O/c16-14(15-13-9-5-2-6-10-13)17-11-12-7-3-1-4-8-12;1-14-3-4-15(5-6-16-2)9-8(14)7-12-10(11)13-9/h1,3-4,7-8,13H,2,5-6,9-11H2,(H,15,16);7H,3-6H2,1-2H3. The van der Waals surface area contributed by atoms with E-state index < -0.39 is 0 Å². The summed E-state index contributed by atoms with van der Waals surface area (Å²) in [4.78, 5) is 24.2. The smallest absolute Gasteiger partial charge is 0.407 e. The quantitative estimate of drug-likeness (QED) is 0.624. The predicted octanol–water partition coefficient (Wildman–Crippen LogP) is 4.28. The zero-order chi connectivity index (χ0) is 23.5. The lowest BCUT2D eigenvalue weighted by atomic mass is 9.96. The summed E-state index contributed by atoms with van der Waals surface area (Å²) < 4.78 is 10.3. The largest absolute Gasteiger partial charge is 0.445 e. The van der Waals surface area contributed by atoms with Crippen molar-refractivity contribution in [1.29, 1.82) is 0 Å². The van der Waals surface area contributed by atoms with Crippen LogP contribution >= 0.6 is 11.6 Å². The Morgan fingerprint density at radius 3 is 2.67 bits per heavy atom.